The van der Waals surface area contributed by atoms with Gasteiger partial charge in [0.2, 0.25) is 0 Å². The summed E-state index contributed by atoms with van der Waals surface area (Å²) in [7, 11) is 1.65. The van der Waals surface area contributed by atoms with Gasteiger partial charge in [0.25, 0.3) is 5.56 Å². The Morgan fingerprint density at radius 3 is 2.69 bits per heavy atom. The lowest BCUT2D eigenvalue weighted by Gasteiger charge is -2.17. The van der Waals surface area contributed by atoms with Crippen LogP contribution in [-0.2, 0) is 6.54 Å². The molecule has 0 bridgehead atoms. The van der Waals surface area contributed by atoms with E-state index in [-0.39, 0.29) is 17.6 Å². The standard InChI is InChI=1S/C21H26N4O3S/c1-12(2)18-22-17-19(23-18)25(21(29)24-20(17)26)11-13-8-9-15(27-3)16(10-13)28-14-6-4-5-7-14/h8-10,12,14H,4-7,11H2,1-3H3,(H,22,23)(H,24,26,29). The van der Waals surface area contributed by atoms with Gasteiger partial charge in [-0.25, -0.2) is 4.98 Å². The molecule has 8 heteroatoms. The summed E-state index contributed by atoms with van der Waals surface area (Å²) >= 11 is 5.44. The van der Waals surface area contributed by atoms with Crippen molar-refractivity contribution in [2.24, 2.45) is 0 Å². The van der Waals surface area contributed by atoms with E-state index in [1.54, 1.807) is 7.11 Å². The Morgan fingerprint density at radius 1 is 1.24 bits per heavy atom. The highest BCUT2D eigenvalue weighted by Gasteiger charge is 2.19. The third kappa shape index (κ3) is 3.94. The number of hydrogen-bond donors (Lipinski definition) is 2. The molecular weight excluding hydrogens is 388 g/mol. The minimum absolute atomic E-state index is 0.177. The van der Waals surface area contributed by atoms with E-state index >= 15 is 0 Å². The normalized spacial score (nSPS) is 14.8. The van der Waals surface area contributed by atoms with Crippen LogP contribution in [0.25, 0.3) is 11.2 Å². The van der Waals surface area contributed by atoms with Crippen LogP contribution in [0.4, 0.5) is 0 Å². The molecule has 0 spiro atoms. The number of methoxy groups -OCH3 is 1. The second-order valence-electron chi connectivity index (χ2n) is 7.83. The van der Waals surface area contributed by atoms with E-state index in [2.05, 4.69) is 15.0 Å². The predicted octanol–water partition coefficient (Wildman–Crippen LogP) is 4.28. The number of imidazole rings is 1. The molecule has 2 N–H and O–H groups in total. The van der Waals surface area contributed by atoms with Crippen LogP contribution in [0, 0.1) is 4.77 Å². The van der Waals surface area contributed by atoms with E-state index in [1.807, 2.05) is 36.6 Å². The minimum Gasteiger partial charge on any atom is -0.493 e. The van der Waals surface area contributed by atoms with Crippen molar-refractivity contribution in [1.82, 2.24) is 19.5 Å². The molecule has 0 amide bonds. The van der Waals surface area contributed by atoms with Crippen LogP contribution in [0.5, 0.6) is 11.5 Å². The molecule has 1 aliphatic rings. The van der Waals surface area contributed by atoms with Gasteiger partial charge >= 0.3 is 0 Å². The number of H-pyrrole nitrogens is 2. The predicted molar refractivity (Wildman–Crippen MR) is 115 cm³/mol. The molecular formula is C21H26N4O3S. The van der Waals surface area contributed by atoms with Gasteiger partial charge in [-0.2, -0.15) is 0 Å². The maximum atomic E-state index is 12.3. The van der Waals surface area contributed by atoms with Crippen LogP contribution in [0.1, 0.15) is 56.8 Å². The third-order valence-electron chi connectivity index (χ3n) is 5.36. The molecule has 1 aromatic carbocycles. The number of nitrogens with one attached hydrogen (secondary N) is 2. The highest BCUT2D eigenvalue weighted by Crippen LogP contribution is 2.32. The Bertz CT molecular complexity index is 1140. The molecule has 4 rings (SSSR count). The van der Waals surface area contributed by atoms with E-state index in [0.29, 0.717) is 22.5 Å². The van der Waals surface area contributed by atoms with Crippen LogP contribution in [0.3, 0.4) is 0 Å². The Hall–Kier alpha value is -2.61. The number of hydrogen-bond acceptors (Lipinski definition) is 5. The molecule has 0 saturated heterocycles. The van der Waals surface area contributed by atoms with Crippen LogP contribution >= 0.6 is 12.2 Å². The zero-order chi connectivity index (χ0) is 20.5. The second-order valence-corrected chi connectivity index (χ2v) is 8.22. The van der Waals surface area contributed by atoms with Gasteiger partial charge in [-0.3, -0.25) is 14.3 Å². The first-order chi connectivity index (χ1) is 14.0. The monoisotopic (exact) mass is 414 g/mol. The van der Waals surface area contributed by atoms with Crippen molar-refractivity contribution in [3.63, 3.8) is 0 Å². The number of aromatic amines is 2. The van der Waals surface area contributed by atoms with Crippen molar-refractivity contribution in [2.45, 2.75) is 58.1 Å². The van der Waals surface area contributed by atoms with Gasteiger partial charge in [-0.05, 0) is 55.6 Å². The molecule has 1 aliphatic carbocycles. The minimum atomic E-state index is -0.249. The molecule has 1 saturated carbocycles. The molecule has 7 nitrogen and oxygen atoms in total. The SMILES string of the molecule is COc1ccc(Cn2c(=S)[nH]c(=O)c3[nH]c(C(C)C)nc32)cc1OC1CCCC1. The lowest BCUT2D eigenvalue weighted by Crippen LogP contribution is -2.15. The summed E-state index contributed by atoms with van der Waals surface area (Å²) < 4.78 is 13.9. The number of ether oxygens (including phenoxy) is 2. The highest BCUT2D eigenvalue weighted by atomic mass is 32.1. The summed E-state index contributed by atoms with van der Waals surface area (Å²) in [6, 6.07) is 5.89. The van der Waals surface area contributed by atoms with Crippen molar-refractivity contribution in [2.75, 3.05) is 7.11 Å². The quantitative estimate of drug-likeness (QED) is 0.588. The topological polar surface area (TPSA) is 84.9 Å². The van der Waals surface area contributed by atoms with Gasteiger partial charge in [-0.1, -0.05) is 19.9 Å². The van der Waals surface area contributed by atoms with Gasteiger partial charge in [0.05, 0.1) is 19.8 Å². The fourth-order valence-electron chi connectivity index (χ4n) is 3.76. The van der Waals surface area contributed by atoms with Crippen molar-refractivity contribution < 1.29 is 9.47 Å². The number of aromatic nitrogens is 4. The molecule has 29 heavy (non-hydrogen) atoms. The number of nitrogens with zero attached hydrogens (tertiary/aromatic N) is 2. The summed E-state index contributed by atoms with van der Waals surface area (Å²) in [5, 5.41) is 0. The van der Waals surface area contributed by atoms with Crippen molar-refractivity contribution in [1.29, 1.82) is 0 Å². The summed E-state index contributed by atoms with van der Waals surface area (Å²) in [4.78, 5) is 22.8. The first kappa shape index (κ1) is 19.7. The second kappa shape index (κ2) is 8.02. The fraction of sp³-hybridized carbons (Fsp3) is 0.476. The van der Waals surface area contributed by atoms with Gasteiger partial charge < -0.3 is 14.5 Å². The first-order valence-electron chi connectivity index (χ1n) is 10.0. The van der Waals surface area contributed by atoms with E-state index in [0.717, 1.165) is 35.7 Å². The van der Waals surface area contributed by atoms with Gasteiger partial charge in [0, 0.05) is 5.92 Å². The van der Waals surface area contributed by atoms with Gasteiger partial charge in [-0.15, -0.1) is 0 Å². The lowest BCUT2D eigenvalue weighted by molar-refractivity contribution is 0.200. The maximum absolute atomic E-state index is 12.3. The highest BCUT2D eigenvalue weighted by molar-refractivity contribution is 7.71. The molecule has 0 radical (unpaired) electrons. The average Bonchev–Trinajstić information content (AvgIpc) is 3.35. The number of benzene rings is 1. The van der Waals surface area contributed by atoms with E-state index in [1.165, 1.54) is 12.8 Å². The molecule has 2 aromatic heterocycles. The van der Waals surface area contributed by atoms with E-state index in [9.17, 15) is 4.79 Å². The first-order valence-corrected chi connectivity index (χ1v) is 10.4. The molecule has 0 unspecified atom stereocenters. The molecule has 154 valence electrons. The molecule has 0 atom stereocenters. The smallest absolute Gasteiger partial charge is 0.277 e. The van der Waals surface area contributed by atoms with Crippen molar-refractivity contribution >= 4 is 23.4 Å². The van der Waals surface area contributed by atoms with Crippen LogP contribution in [0.15, 0.2) is 23.0 Å². The maximum Gasteiger partial charge on any atom is 0.277 e. The van der Waals surface area contributed by atoms with E-state index in [4.69, 9.17) is 21.7 Å². The number of rotatable bonds is 6. The summed E-state index contributed by atoms with van der Waals surface area (Å²) in [6.07, 6.45) is 4.79. The molecule has 3 aromatic rings. The van der Waals surface area contributed by atoms with Gasteiger partial charge in [0.15, 0.2) is 21.9 Å². The molecule has 1 fully saturated rings. The Morgan fingerprint density at radius 2 is 2.00 bits per heavy atom. The van der Waals surface area contributed by atoms with Crippen LogP contribution < -0.4 is 15.0 Å². The summed E-state index contributed by atoms with van der Waals surface area (Å²) in [6.45, 7) is 4.53. The summed E-state index contributed by atoms with van der Waals surface area (Å²) in [5.41, 5.74) is 1.76. The lowest BCUT2D eigenvalue weighted by atomic mass is 10.2. The summed E-state index contributed by atoms with van der Waals surface area (Å²) in [5.74, 6) is 2.41. The molecule has 0 aliphatic heterocycles. The largest absolute Gasteiger partial charge is 0.493 e. The van der Waals surface area contributed by atoms with Gasteiger partial charge in [0.1, 0.15) is 11.3 Å². The number of fused-ring (bicyclic) bond motifs is 1. The van der Waals surface area contributed by atoms with Crippen LogP contribution in [-0.4, -0.2) is 32.7 Å². The van der Waals surface area contributed by atoms with Crippen molar-refractivity contribution in [3.8, 4) is 11.5 Å². The Labute approximate surface area is 174 Å². The average molecular weight is 415 g/mol. The Kier molecular flexibility index (Phi) is 5.45. The zero-order valence-corrected chi connectivity index (χ0v) is 17.8. The zero-order valence-electron chi connectivity index (χ0n) is 16.9. The third-order valence-corrected chi connectivity index (χ3v) is 5.69. The fourth-order valence-corrected chi connectivity index (χ4v) is 4.00. The van der Waals surface area contributed by atoms with Crippen molar-refractivity contribution in [3.05, 3.63) is 44.7 Å². The molecule has 2 heterocycles. The van der Waals surface area contributed by atoms with E-state index < -0.39 is 0 Å². The van der Waals surface area contributed by atoms with Crippen LogP contribution in [0.2, 0.25) is 0 Å². The Balaban J connectivity index is 1.72.